The molecule has 2 aliphatic heterocycles. The van der Waals surface area contributed by atoms with E-state index in [0.29, 0.717) is 12.7 Å². The Balaban J connectivity index is 1.81. The zero-order valence-corrected chi connectivity index (χ0v) is 14.4. The Kier molecular flexibility index (Phi) is 4.97. The van der Waals surface area contributed by atoms with Gasteiger partial charge in [-0.25, -0.2) is 0 Å². The molecule has 0 aromatic carbocycles. The molecule has 25 heavy (non-hydrogen) atoms. The predicted octanol–water partition coefficient (Wildman–Crippen LogP) is -1.84. The van der Waals surface area contributed by atoms with Crippen molar-refractivity contribution in [1.29, 1.82) is 0 Å². The highest BCUT2D eigenvalue weighted by Gasteiger charge is 2.66. The van der Waals surface area contributed by atoms with Gasteiger partial charge in [-0.3, -0.25) is 0 Å². The Morgan fingerprint density at radius 3 is 2.40 bits per heavy atom. The van der Waals surface area contributed by atoms with Crippen LogP contribution >= 0.6 is 0 Å². The topological polar surface area (TPSA) is 135 Å². The molecule has 144 valence electrons. The number of methoxy groups -OCH3 is 1. The van der Waals surface area contributed by atoms with Crippen LogP contribution in [0.15, 0.2) is 0 Å². The van der Waals surface area contributed by atoms with Crippen LogP contribution in [0.2, 0.25) is 0 Å². The summed E-state index contributed by atoms with van der Waals surface area (Å²) in [6.45, 7) is 3.08. The van der Waals surface area contributed by atoms with Crippen molar-refractivity contribution in [3.8, 4) is 0 Å². The van der Waals surface area contributed by atoms with E-state index in [1.807, 2.05) is 6.92 Å². The molecule has 1 saturated carbocycles. The highest BCUT2D eigenvalue weighted by Crippen LogP contribution is 2.61. The lowest BCUT2D eigenvalue weighted by atomic mass is 9.85. The van der Waals surface area contributed by atoms with E-state index in [2.05, 4.69) is 0 Å². The van der Waals surface area contributed by atoms with Crippen molar-refractivity contribution >= 4 is 6.29 Å². The number of carbonyl (C=O) groups excluding carboxylic acids is 1. The molecule has 0 radical (unpaired) electrons. The van der Waals surface area contributed by atoms with E-state index >= 15 is 0 Å². The van der Waals surface area contributed by atoms with Crippen LogP contribution in [0.1, 0.15) is 20.3 Å². The lowest BCUT2D eigenvalue weighted by Gasteiger charge is -2.49. The fraction of sp³-hybridized carbons (Fsp3) is 0.938. The second kappa shape index (κ2) is 6.50. The number of fused-ring (bicyclic) bond motifs is 1. The number of hydrogen-bond acceptors (Lipinski definition) is 9. The third kappa shape index (κ3) is 2.83. The van der Waals surface area contributed by atoms with Gasteiger partial charge in [0.05, 0.1) is 12.7 Å². The Morgan fingerprint density at radius 1 is 1.16 bits per heavy atom. The van der Waals surface area contributed by atoms with Crippen LogP contribution in [0.5, 0.6) is 0 Å². The number of carbonyl (C=O) groups is 1. The van der Waals surface area contributed by atoms with Gasteiger partial charge in [0.25, 0.3) is 0 Å². The van der Waals surface area contributed by atoms with Crippen molar-refractivity contribution in [2.45, 2.75) is 69.0 Å². The van der Waals surface area contributed by atoms with Crippen molar-refractivity contribution < 1.29 is 44.2 Å². The first-order valence-electron chi connectivity index (χ1n) is 8.34. The van der Waals surface area contributed by atoms with E-state index in [1.165, 1.54) is 14.0 Å². The smallest absolute Gasteiger partial charge is 0.186 e. The quantitative estimate of drug-likeness (QED) is 0.416. The van der Waals surface area contributed by atoms with E-state index in [4.69, 9.17) is 18.9 Å². The molecule has 9 nitrogen and oxygen atoms in total. The maximum absolute atomic E-state index is 11.5. The molecule has 0 aromatic rings. The summed E-state index contributed by atoms with van der Waals surface area (Å²) in [6, 6.07) is 0. The number of ether oxygens (including phenoxy) is 4. The standard InChI is InChI=1S/C16H26O9/c1-15-4-7(15)10(19)14(23-8(15)5-17)25-16(2)9(6-18)24-13(22-3)11(20)12(16)21/h6-14,17,19-21H,4-5H2,1-3H3/t7-,8-,9?,10?,11?,12?,13-,14+,15?,16?/m1/s1. The van der Waals surface area contributed by atoms with Crippen LogP contribution in [0.25, 0.3) is 0 Å². The minimum absolute atomic E-state index is 0.111. The van der Waals surface area contributed by atoms with E-state index in [9.17, 15) is 25.2 Å². The molecule has 0 bridgehead atoms. The summed E-state index contributed by atoms with van der Waals surface area (Å²) in [5.41, 5.74) is -1.98. The van der Waals surface area contributed by atoms with Gasteiger partial charge in [-0.1, -0.05) is 6.92 Å². The average molecular weight is 362 g/mol. The largest absolute Gasteiger partial charge is 0.394 e. The molecule has 2 heterocycles. The van der Waals surface area contributed by atoms with Gasteiger partial charge in [0.15, 0.2) is 18.9 Å². The SMILES string of the molecule is CO[C@@H]1OC(C=O)C(C)(O[C@@H]2O[C@H](CO)C3(C)C[C@@H]3C2O)C(O)C1O. The highest BCUT2D eigenvalue weighted by molar-refractivity contribution is 5.59. The average Bonchev–Trinajstić information content (AvgIpc) is 3.29. The first-order valence-corrected chi connectivity index (χ1v) is 8.34. The Bertz CT molecular complexity index is 516. The van der Waals surface area contributed by atoms with Crippen molar-refractivity contribution in [2.75, 3.05) is 13.7 Å². The van der Waals surface area contributed by atoms with Crippen molar-refractivity contribution in [1.82, 2.24) is 0 Å². The Hall–Kier alpha value is -0.650. The molecule has 0 aromatic heterocycles. The predicted molar refractivity (Wildman–Crippen MR) is 81.2 cm³/mol. The number of aliphatic hydroxyl groups excluding tert-OH is 4. The van der Waals surface area contributed by atoms with Gasteiger partial charge >= 0.3 is 0 Å². The van der Waals surface area contributed by atoms with Gasteiger partial charge in [0.2, 0.25) is 0 Å². The molecule has 0 amide bonds. The Morgan fingerprint density at radius 2 is 1.84 bits per heavy atom. The maximum atomic E-state index is 11.5. The van der Waals surface area contributed by atoms with Gasteiger partial charge in [-0.05, 0) is 19.3 Å². The molecule has 4 N–H and O–H groups in total. The zero-order chi connectivity index (χ0) is 18.6. The molecule has 3 aliphatic rings. The fourth-order valence-electron chi connectivity index (χ4n) is 4.00. The molecular weight excluding hydrogens is 336 g/mol. The van der Waals surface area contributed by atoms with E-state index in [1.54, 1.807) is 0 Å². The number of aliphatic hydroxyl groups is 4. The van der Waals surface area contributed by atoms with Gasteiger partial charge in [0.1, 0.15) is 30.0 Å². The molecule has 10 atom stereocenters. The molecule has 3 rings (SSSR count). The van der Waals surface area contributed by atoms with Gasteiger partial charge in [-0.15, -0.1) is 0 Å². The monoisotopic (exact) mass is 362 g/mol. The summed E-state index contributed by atoms with van der Waals surface area (Å²) in [5, 5.41) is 40.6. The summed E-state index contributed by atoms with van der Waals surface area (Å²) in [5.74, 6) is -0.111. The first-order chi connectivity index (χ1) is 11.7. The fourth-order valence-corrected chi connectivity index (χ4v) is 4.00. The van der Waals surface area contributed by atoms with Gasteiger partial charge in [-0.2, -0.15) is 0 Å². The van der Waals surface area contributed by atoms with Crippen LogP contribution < -0.4 is 0 Å². The van der Waals surface area contributed by atoms with Crippen molar-refractivity contribution in [2.24, 2.45) is 11.3 Å². The molecule has 2 saturated heterocycles. The molecule has 6 unspecified atom stereocenters. The lowest BCUT2D eigenvalue weighted by Crippen LogP contribution is -2.68. The molecule has 1 aliphatic carbocycles. The summed E-state index contributed by atoms with van der Waals surface area (Å²) in [4.78, 5) is 11.5. The zero-order valence-electron chi connectivity index (χ0n) is 14.4. The number of hydrogen-bond donors (Lipinski definition) is 4. The lowest BCUT2D eigenvalue weighted by molar-refractivity contribution is -0.365. The summed E-state index contributed by atoms with van der Waals surface area (Å²) in [7, 11) is 1.28. The summed E-state index contributed by atoms with van der Waals surface area (Å²) < 4.78 is 21.7. The Labute approximate surface area is 145 Å². The minimum Gasteiger partial charge on any atom is -0.394 e. The summed E-state index contributed by atoms with van der Waals surface area (Å²) in [6.07, 6.45) is -6.95. The van der Waals surface area contributed by atoms with E-state index < -0.39 is 48.7 Å². The number of aldehydes is 1. The van der Waals surface area contributed by atoms with E-state index in [0.717, 1.165) is 0 Å². The van der Waals surface area contributed by atoms with Crippen LogP contribution in [-0.2, 0) is 23.7 Å². The molecule has 9 heteroatoms. The second-order valence-corrected chi connectivity index (χ2v) is 7.52. The highest BCUT2D eigenvalue weighted by atomic mass is 16.7. The molecule has 0 spiro atoms. The van der Waals surface area contributed by atoms with Crippen molar-refractivity contribution in [3.63, 3.8) is 0 Å². The molecular formula is C16H26O9. The third-order valence-electron chi connectivity index (χ3n) is 6.00. The van der Waals surface area contributed by atoms with Crippen molar-refractivity contribution in [3.05, 3.63) is 0 Å². The van der Waals surface area contributed by atoms with Crippen LogP contribution in [0.4, 0.5) is 0 Å². The van der Waals surface area contributed by atoms with Crippen LogP contribution in [0, 0.1) is 11.3 Å². The van der Waals surface area contributed by atoms with Crippen LogP contribution in [-0.4, -0.2) is 89.1 Å². The minimum atomic E-state index is -1.66. The van der Waals surface area contributed by atoms with Crippen LogP contribution in [0.3, 0.4) is 0 Å². The van der Waals surface area contributed by atoms with Gasteiger partial charge < -0.3 is 44.2 Å². The van der Waals surface area contributed by atoms with Gasteiger partial charge in [0, 0.05) is 12.5 Å². The third-order valence-corrected chi connectivity index (χ3v) is 6.00. The first kappa shape index (κ1) is 19.1. The normalized spacial score (nSPS) is 55.5. The van der Waals surface area contributed by atoms with E-state index in [-0.39, 0.29) is 17.9 Å². The number of rotatable bonds is 5. The summed E-state index contributed by atoms with van der Waals surface area (Å²) >= 11 is 0. The molecule has 3 fully saturated rings. The maximum Gasteiger partial charge on any atom is 0.186 e. The second-order valence-electron chi connectivity index (χ2n) is 7.52.